The Morgan fingerprint density at radius 1 is 1.04 bits per heavy atom. The van der Waals surface area contributed by atoms with Gasteiger partial charge in [-0.05, 0) is 24.3 Å². The van der Waals surface area contributed by atoms with Crippen LogP contribution in [0.3, 0.4) is 0 Å². The fourth-order valence-electron chi connectivity index (χ4n) is 2.57. The quantitative estimate of drug-likeness (QED) is 0.708. The van der Waals surface area contributed by atoms with Gasteiger partial charge in [-0.3, -0.25) is 0 Å². The Bertz CT molecular complexity index is 922. The predicted molar refractivity (Wildman–Crippen MR) is 83.2 cm³/mol. The molecule has 0 bridgehead atoms. The lowest BCUT2D eigenvalue weighted by molar-refractivity contribution is 0.174. The molecule has 3 aromatic rings. The number of rotatable bonds is 2. The number of ether oxygens (including phenoxy) is 3. The van der Waals surface area contributed by atoms with Gasteiger partial charge in [0.05, 0.1) is 18.3 Å². The molecule has 0 atom stereocenters. The molecule has 2 N–H and O–H groups in total. The molecule has 2 aromatic carbocycles. The second-order valence-corrected chi connectivity index (χ2v) is 5.14. The van der Waals surface area contributed by atoms with Crippen LogP contribution in [0.1, 0.15) is 0 Å². The van der Waals surface area contributed by atoms with Gasteiger partial charge < -0.3 is 24.4 Å². The third kappa shape index (κ3) is 2.15. The van der Waals surface area contributed by atoms with Crippen LogP contribution in [0.25, 0.3) is 22.2 Å². The first-order valence-corrected chi connectivity index (χ1v) is 6.96. The maximum absolute atomic E-state index is 9.82. The zero-order valence-electron chi connectivity index (χ0n) is 12.2. The number of hydrogen-bond donors (Lipinski definition) is 2. The van der Waals surface area contributed by atoms with Crippen molar-refractivity contribution in [1.82, 2.24) is 4.98 Å². The van der Waals surface area contributed by atoms with E-state index < -0.39 is 0 Å². The smallest absolute Gasteiger partial charge is 0.231 e. The highest BCUT2D eigenvalue weighted by Crippen LogP contribution is 2.40. The Balaban J connectivity index is 1.86. The number of pyridine rings is 1. The molecule has 1 aliphatic heterocycles. The third-order valence-corrected chi connectivity index (χ3v) is 3.75. The summed E-state index contributed by atoms with van der Waals surface area (Å²) in [4.78, 5) is 4.59. The number of benzene rings is 2. The summed E-state index contributed by atoms with van der Waals surface area (Å²) in [6.45, 7) is 0.210. The van der Waals surface area contributed by atoms with Crippen LogP contribution < -0.4 is 14.2 Å². The zero-order chi connectivity index (χ0) is 16.0. The molecule has 1 aliphatic rings. The number of hydrogen-bond acceptors (Lipinski definition) is 6. The van der Waals surface area contributed by atoms with Crippen molar-refractivity contribution in [3.8, 4) is 40.0 Å². The van der Waals surface area contributed by atoms with Crippen molar-refractivity contribution < 1.29 is 24.4 Å². The SMILES string of the molecule is COc1cc(-c2ccc3cc4c(cc3n2)OCO4)cc(O)c1O. The van der Waals surface area contributed by atoms with E-state index in [0.29, 0.717) is 22.8 Å². The van der Waals surface area contributed by atoms with Crippen LogP contribution in [0.5, 0.6) is 28.7 Å². The lowest BCUT2D eigenvalue weighted by Gasteiger charge is -2.09. The summed E-state index contributed by atoms with van der Waals surface area (Å²) >= 11 is 0. The largest absolute Gasteiger partial charge is 0.504 e. The molecule has 0 fully saturated rings. The summed E-state index contributed by atoms with van der Waals surface area (Å²) in [5.74, 6) is 1.00. The molecule has 0 saturated heterocycles. The van der Waals surface area contributed by atoms with Gasteiger partial charge in [0.2, 0.25) is 12.5 Å². The van der Waals surface area contributed by atoms with Crippen molar-refractivity contribution in [2.75, 3.05) is 13.9 Å². The van der Waals surface area contributed by atoms with E-state index >= 15 is 0 Å². The van der Waals surface area contributed by atoms with Gasteiger partial charge in [0.25, 0.3) is 0 Å². The van der Waals surface area contributed by atoms with Crippen molar-refractivity contribution in [2.24, 2.45) is 0 Å². The van der Waals surface area contributed by atoms with Gasteiger partial charge >= 0.3 is 0 Å². The van der Waals surface area contributed by atoms with Crippen molar-refractivity contribution in [3.05, 3.63) is 36.4 Å². The highest BCUT2D eigenvalue weighted by Gasteiger charge is 2.16. The van der Waals surface area contributed by atoms with Gasteiger partial charge in [-0.15, -0.1) is 0 Å². The molecule has 6 heteroatoms. The molecule has 0 unspecified atom stereocenters. The molecule has 6 nitrogen and oxygen atoms in total. The Hall–Kier alpha value is -3.15. The molecule has 0 amide bonds. The fourth-order valence-corrected chi connectivity index (χ4v) is 2.57. The summed E-state index contributed by atoms with van der Waals surface area (Å²) in [5.41, 5.74) is 2.03. The molecular weight excluding hydrogens is 298 g/mol. The van der Waals surface area contributed by atoms with E-state index in [9.17, 15) is 10.2 Å². The third-order valence-electron chi connectivity index (χ3n) is 3.75. The molecule has 0 aliphatic carbocycles. The molecule has 4 rings (SSSR count). The second-order valence-electron chi connectivity index (χ2n) is 5.14. The highest BCUT2D eigenvalue weighted by atomic mass is 16.7. The summed E-state index contributed by atoms with van der Waals surface area (Å²) < 4.78 is 15.8. The molecule has 0 radical (unpaired) electrons. The minimum Gasteiger partial charge on any atom is -0.504 e. The summed E-state index contributed by atoms with van der Waals surface area (Å²) in [7, 11) is 1.42. The summed E-state index contributed by atoms with van der Waals surface area (Å²) in [5, 5.41) is 20.5. The minimum absolute atomic E-state index is 0.188. The zero-order valence-corrected chi connectivity index (χ0v) is 12.2. The second kappa shape index (κ2) is 4.95. The lowest BCUT2D eigenvalue weighted by atomic mass is 10.1. The highest BCUT2D eigenvalue weighted by molar-refractivity contribution is 5.85. The van der Waals surface area contributed by atoms with Gasteiger partial charge in [-0.25, -0.2) is 4.98 Å². The maximum Gasteiger partial charge on any atom is 0.231 e. The van der Waals surface area contributed by atoms with Crippen LogP contribution in [0.15, 0.2) is 36.4 Å². The number of aromatic hydroxyl groups is 2. The Morgan fingerprint density at radius 3 is 2.61 bits per heavy atom. The predicted octanol–water partition coefficient (Wildman–Crippen LogP) is 3.05. The number of aromatic nitrogens is 1. The first-order chi connectivity index (χ1) is 11.2. The molecule has 2 heterocycles. The fraction of sp³-hybridized carbons (Fsp3) is 0.118. The van der Waals surface area contributed by atoms with Crippen LogP contribution in [0.4, 0.5) is 0 Å². The van der Waals surface area contributed by atoms with E-state index in [-0.39, 0.29) is 24.0 Å². The molecule has 116 valence electrons. The maximum atomic E-state index is 9.82. The van der Waals surface area contributed by atoms with Crippen molar-refractivity contribution in [3.63, 3.8) is 0 Å². The Morgan fingerprint density at radius 2 is 1.83 bits per heavy atom. The first kappa shape index (κ1) is 13.5. The van der Waals surface area contributed by atoms with Gasteiger partial charge in [-0.1, -0.05) is 6.07 Å². The van der Waals surface area contributed by atoms with Gasteiger partial charge in [0.1, 0.15) is 0 Å². The minimum atomic E-state index is -0.291. The van der Waals surface area contributed by atoms with Gasteiger partial charge in [0, 0.05) is 17.0 Å². The normalized spacial score (nSPS) is 12.6. The molecule has 0 saturated carbocycles. The average molecular weight is 311 g/mol. The lowest BCUT2D eigenvalue weighted by Crippen LogP contribution is -1.92. The van der Waals surface area contributed by atoms with E-state index in [1.807, 2.05) is 24.3 Å². The number of nitrogens with zero attached hydrogens (tertiary/aromatic N) is 1. The summed E-state index contributed by atoms with van der Waals surface area (Å²) in [6.07, 6.45) is 0. The van der Waals surface area contributed by atoms with Crippen LogP contribution in [0, 0.1) is 0 Å². The number of phenolic OH excluding ortho intramolecular Hbond substituents is 2. The number of fused-ring (bicyclic) bond motifs is 2. The molecule has 23 heavy (non-hydrogen) atoms. The van der Waals surface area contributed by atoms with Crippen LogP contribution >= 0.6 is 0 Å². The summed E-state index contributed by atoms with van der Waals surface area (Å²) in [6, 6.07) is 10.5. The topological polar surface area (TPSA) is 81.0 Å². The number of methoxy groups -OCH3 is 1. The molecule has 1 aromatic heterocycles. The van der Waals surface area contributed by atoms with E-state index in [2.05, 4.69) is 4.98 Å². The number of phenols is 2. The molecular formula is C17H13NO5. The van der Waals surface area contributed by atoms with E-state index in [1.54, 1.807) is 6.07 Å². The van der Waals surface area contributed by atoms with E-state index in [4.69, 9.17) is 14.2 Å². The Labute approximate surface area is 131 Å². The van der Waals surface area contributed by atoms with E-state index in [1.165, 1.54) is 13.2 Å². The van der Waals surface area contributed by atoms with Crippen LogP contribution in [-0.4, -0.2) is 29.1 Å². The van der Waals surface area contributed by atoms with Crippen molar-refractivity contribution >= 4 is 10.9 Å². The van der Waals surface area contributed by atoms with Crippen molar-refractivity contribution in [2.45, 2.75) is 0 Å². The van der Waals surface area contributed by atoms with E-state index in [0.717, 1.165) is 10.9 Å². The van der Waals surface area contributed by atoms with Crippen LogP contribution in [-0.2, 0) is 0 Å². The van der Waals surface area contributed by atoms with Crippen molar-refractivity contribution in [1.29, 1.82) is 0 Å². The average Bonchev–Trinajstić information content (AvgIpc) is 3.01. The monoisotopic (exact) mass is 311 g/mol. The van der Waals surface area contributed by atoms with Gasteiger partial charge in [-0.2, -0.15) is 0 Å². The van der Waals surface area contributed by atoms with Crippen LogP contribution in [0.2, 0.25) is 0 Å². The Kier molecular flexibility index (Phi) is 2.90. The van der Waals surface area contributed by atoms with Gasteiger partial charge in [0.15, 0.2) is 23.0 Å². The first-order valence-electron chi connectivity index (χ1n) is 6.96. The molecule has 0 spiro atoms. The standard InChI is InChI=1S/C17H13NO5/c1-21-16-6-10(4-13(19)17(16)20)11-3-2-9-5-14-15(23-8-22-14)7-12(9)18-11/h2-7,19-20H,8H2,1H3.